The first kappa shape index (κ1) is 14.6. The molecule has 0 spiro atoms. The molecule has 0 aliphatic rings. The number of benzene rings is 1. The fourth-order valence-electron chi connectivity index (χ4n) is 1.85. The monoisotopic (exact) mass is 349 g/mol. The van der Waals surface area contributed by atoms with Crippen LogP contribution in [0.25, 0.3) is 0 Å². The van der Waals surface area contributed by atoms with Gasteiger partial charge in [-0.25, -0.2) is 13.2 Å². The van der Waals surface area contributed by atoms with E-state index in [1.807, 2.05) is 17.7 Å². The first-order valence-electron chi connectivity index (χ1n) is 5.64. The maximum atomic E-state index is 13.9. The summed E-state index contributed by atoms with van der Waals surface area (Å²) >= 11 is 4.82. The topological polar surface area (TPSA) is 12.0 Å². The quantitative estimate of drug-likeness (QED) is 0.793. The lowest BCUT2D eigenvalue weighted by atomic mass is 10.0. The highest BCUT2D eigenvalue weighted by atomic mass is 79.9. The summed E-state index contributed by atoms with van der Waals surface area (Å²) in [4.78, 5) is 0. The lowest BCUT2D eigenvalue weighted by molar-refractivity contribution is 0.433. The Hall–Kier alpha value is -0.850. The number of hydrogen-bond donors (Lipinski definition) is 1. The van der Waals surface area contributed by atoms with Crippen molar-refractivity contribution in [2.24, 2.45) is 0 Å². The summed E-state index contributed by atoms with van der Waals surface area (Å²) < 4.78 is 41.0. The van der Waals surface area contributed by atoms with Crippen molar-refractivity contribution in [1.82, 2.24) is 5.32 Å². The Morgan fingerprint density at radius 2 is 1.89 bits per heavy atom. The van der Waals surface area contributed by atoms with E-state index in [0.717, 1.165) is 16.1 Å². The third kappa shape index (κ3) is 2.85. The van der Waals surface area contributed by atoms with E-state index in [4.69, 9.17) is 0 Å². The minimum Gasteiger partial charge on any atom is -0.306 e. The van der Waals surface area contributed by atoms with Gasteiger partial charge in [-0.15, -0.1) is 0 Å². The van der Waals surface area contributed by atoms with Crippen LogP contribution in [0.1, 0.15) is 24.1 Å². The van der Waals surface area contributed by atoms with Crippen LogP contribution in [-0.2, 0) is 0 Å². The molecule has 0 amide bonds. The summed E-state index contributed by atoms with van der Waals surface area (Å²) in [6.07, 6.45) is 0. The third-order valence-corrected chi connectivity index (χ3v) is 4.49. The van der Waals surface area contributed by atoms with Crippen LogP contribution in [0.5, 0.6) is 0 Å². The van der Waals surface area contributed by atoms with Crippen molar-refractivity contribution in [3.8, 4) is 0 Å². The highest BCUT2D eigenvalue weighted by molar-refractivity contribution is 9.10. The molecular weight excluding hydrogens is 339 g/mol. The second kappa shape index (κ2) is 6.07. The summed E-state index contributed by atoms with van der Waals surface area (Å²) in [6.45, 7) is 2.44. The average molecular weight is 350 g/mol. The molecule has 2 rings (SSSR count). The number of rotatable bonds is 4. The number of hydrogen-bond acceptors (Lipinski definition) is 2. The zero-order chi connectivity index (χ0) is 14.0. The van der Waals surface area contributed by atoms with E-state index in [0.29, 0.717) is 6.54 Å². The zero-order valence-electron chi connectivity index (χ0n) is 10.0. The molecule has 1 N–H and O–H groups in total. The lowest BCUT2D eigenvalue weighted by Gasteiger charge is -2.19. The average Bonchev–Trinajstić information content (AvgIpc) is 2.80. The van der Waals surface area contributed by atoms with Gasteiger partial charge in [-0.3, -0.25) is 0 Å². The number of nitrogens with one attached hydrogen (secondary N) is 1. The van der Waals surface area contributed by atoms with Gasteiger partial charge in [0.1, 0.15) is 0 Å². The van der Waals surface area contributed by atoms with Crippen LogP contribution in [0.2, 0.25) is 0 Å². The van der Waals surface area contributed by atoms with E-state index < -0.39 is 23.5 Å². The molecular formula is C13H11BrF3NS. The van der Waals surface area contributed by atoms with Crippen molar-refractivity contribution < 1.29 is 13.2 Å². The minimum absolute atomic E-state index is 0.0971. The first-order chi connectivity index (χ1) is 9.06. The van der Waals surface area contributed by atoms with E-state index in [-0.39, 0.29) is 5.56 Å². The Bertz CT molecular complexity index is 585. The van der Waals surface area contributed by atoms with E-state index in [2.05, 4.69) is 21.2 Å². The predicted molar refractivity (Wildman–Crippen MR) is 73.9 cm³/mol. The molecule has 2 aromatic rings. The van der Waals surface area contributed by atoms with Gasteiger partial charge in [0.2, 0.25) is 0 Å². The molecule has 1 aromatic carbocycles. The van der Waals surface area contributed by atoms with E-state index >= 15 is 0 Å². The number of halogens is 4. The fourth-order valence-corrected chi connectivity index (χ4v) is 3.40. The molecule has 1 nitrogen and oxygen atoms in total. The normalized spacial score (nSPS) is 12.7. The van der Waals surface area contributed by atoms with Crippen LogP contribution >= 0.6 is 27.3 Å². The molecule has 1 unspecified atom stereocenters. The van der Waals surface area contributed by atoms with Crippen molar-refractivity contribution in [3.63, 3.8) is 0 Å². The molecule has 0 fully saturated rings. The standard InChI is InChI=1S/C13H11BrF3NS/c1-2-18-13(8-5-19-6-9(8)14)7-3-4-10(15)12(17)11(7)16/h3-6,13,18H,2H2,1H3. The van der Waals surface area contributed by atoms with Gasteiger partial charge in [0, 0.05) is 15.4 Å². The second-order valence-corrected chi connectivity index (χ2v) is 5.53. The predicted octanol–water partition coefficient (Wildman–Crippen LogP) is 4.63. The largest absolute Gasteiger partial charge is 0.306 e. The summed E-state index contributed by atoms with van der Waals surface area (Å²) in [5.41, 5.74) is 0.900. The molecule has 0 aliphatic heterocycles. The summed E-state index contributed by atoms with van der Waals surface area (Å²) in [7, 11) is 0. The Kier molecular flexibility index (Phi) is 4.65. The van der Waals surface area contributed by atoms with Gasteiger partial charge in [0.15, 0.2) is 17.5 Å². The smallest absolute Gasteiger partial charge is 0.194 e. The molecule has 0 saturated heterocycles. The van der Waals surface area contributed by atoms with Gasteiger partial charge in [0.05, 0.1) is 6.04 Å². The summed E-state index contributed by atoms with van der Waals surface area (Å²) in [6, 6.07) is 1.70. The molecule has 102 valence electrons. The molecule has 0 radical (unpaired) electrons. The Labute approximate surface area is 121 Å². The highest BCUT2D eigenvalue weighted by Crippen LogP contribution is 2.33. The fraction of sp³-hybridized carbons (Fsp3) is 0.231. The van der Waals surface area contributed by atoms with Crippen molar-refractivity contribution >= 4 is 27.3 Å². The Balaban J connectivity index is 2.52. The molecule has 0 aliphatic carbocycles. The minimum atomic E-state index is -1.44. The SMILES string of the molecule is CCNC(c1cscc1Br)c1ccc(F)c(F)c1F. The highest BCUT2D eigenvalue weighted by Gasteiger charge is 2.23. The molecule has 0 saturated carbocycles. The Morgan fingerprint density at radius 1 is 1.16 bits per heavy atom. The van der Waals surface area contributed by atoms with Crippen molar-refractivity contribution in [2.45, 2.75) is 13.0 Å². The van der Waals surface area contributed by atoms with Crippen LogP contribution in [0, 0.1) is 17.5 Å². The van der Waals surface area contributed by atoms with Crippen molar-refractivity contribution in [1.29, 1.82) is 0 Å². The van der Waals surface area contributed by atoms with Gasteiger partial charge in [0.25, 0.3) is 0 Å². The van der Waals surface area contributed by atoms with Crippen LogP contribution in [0.15, 0.2) is 27.4 Å². The molecule has 1 aromatic heterocycles. The van der Waals surface area contributed by atoms with E-state index in [9.17, 15) is 13.2 Å². The third-order valence-electron chi connectivity index (χ3n) is 2.74. The van der Waals surface area contributed by atoms with Gasteiger partial charge < -0.3 is 5.32 Å². The molecule has 6 heteroatoms. The first-order valence-corrected chi connectivity index (χ1v) is 7.38. The van der Waals surface area contributed by atoms with Crippen LogP contribution in [0.3, 0.4) is 0 Å². The Morgan fingerprint density at radius 3 is 2.47 bits per heavy atom. The zero-order valence-corrected chi connectivity index (χ0v) is 12.4. The van der Waals surface area contributed by atoms with Crippen molar-refractivity contribution in [3.05, 3.63) is 55.9 Å². The summed E-state index contributed by atoms with van der Waals surface area (Å²) in [5.74, 6) is -3.77. The van der Waals surface area contributed by atoms with Gasteiger partial charge in [-0.1, -0.05) is 13.0 Å². The van der Waals surface area contributed by atoms with Crippen LogP contribution < -0.4 is 5.32 Å². The molecule has 0 bridgehead atoms. The van der Waals surface area contributed by atoms with Crippen LogP contribution in [0.4, 0.5) is 13.2 Å². The van der Waals surface area contributed by atoms with Gasteiger partial charge in [-0.2, -0.15) is 11.3 Å². The second-order valence-electron chi connectivity index (χ2n) is 3.93. The molecule has 19 heavy (non-hydrogen) atoms. The maximum Gasteiger partial charge on any atom is 0.194 e. The maximum absolute atomic E-state index is 13.9. The van der Waals surface area contributed by atoms with Crippen molar-refractivity contribution in [2.75, 3.05) is 6.54 Å². The molecule has 1 atom stereocenters. The number of thiophene rings is 1. The van der Waals surface area contributed by atoms with E-state index in [1.54, 1.807) is 0 Å². The van der Waals surface area contributed by atoms with Crippen LogP contribution in [-0.4, -0.2) is 6.54 Å². The summed E-state index contributed by atoms with van der Waals surface area (Å²) in [5, 5.41) is 6.78. The van der Waals surface area contributed by atoms with Gasteiger partial charge >= 0.3 is 0 Å². The van der Waals surface area contributed by atoms with E-state index in [1.165, 1.54) is 17.4 Å². The molecule has 1 heterocycles. The lowest BCUT2D eigenvalue weighted by Crippen LogP contribution is -2.23. The van der Waals surface area contributed by atoms with Gasteiger partial charge in [-0.05, 0) is 39.5 Å².